The molecule has 0 spiro atoms. The second kappa shape index (κ2) is 5.01. The summed E-state index contributed by atoms with van der Waals surface area (Å²) in [7, 11) is 0. The number of aryl methyl sites for hydroxylation is 1. The van der Waals surface area contributed by atoms with Crippen LogP contribution in [-0.4, -0.2) is 16.1 Å². The first-order valence-corrected chi connectivity index (χ1v) is 6.52. The SMILES string of the molecule is CCc1nc(-c2ccc(F)c3ccccc23)oc1C(=O)O. The van der Waals surface area contributed by atoms with Crippen LogP contribution in [0.25, 0.3) is 22.2 Å². The summed E-state index contributed by atoms with van der Waals surface area (Å²) in [5, 5.41) is 10.2. The van der Waals surface area contributed by atoms with Gasteiger partial charge < -0.3 is 9.52 Å². The van der Waals surface area contributed by atoms with E-state index in [-0.39, 0.29) is 17.5 Å². The minimum absolute atomic E-state index is 0.166. The van der Waals surface area contributed by atoms with Crippen molar-refractivity contribution >= 4 is 16.7 Å². The molecule has 106 valence electrons. The monoisotopic (exact) mass is 285 g/mol. The van der Waals surface area contributed by atoms with Gasteiger partial charge in [-0.15, -0.1) is 0 Å². The Kier molecular flexibility index (Phi) is 3.17. The molecule has 0 amide bonds. The number of nitrogens with zero attached hydrogens (tertiary/aromatic N) is 1. The summed E-state index contributed by atoms with van der Waals surface area (Å²) >= 11 is 0. The van der Waals surface area contributed by atoms with E-state index in [4.69, 9.17) is 9.52 Å². The predicted molar refractivity (Wildman–Crippen MR) is 75.7 cm³/mol. The summed E-state index contributed by atoms with van der Waals surface area (Å²) in [6.07, 6.45) is 0.449. The lowest BCUT2D eigenvalue weighted by molar-refractivity contribution is 0.0662. The maximum absolute atomic E-state index is 13.8. The van der Waals surface area contributed by atoms with Crippen LogP contribution in [0.3, 0.4) is 0 Å². The second-order valence-electron chi connectivity index (χ2n) is 4.59. The van der Waals surface area contributed by atoms with Gasteiger partial charge >= 0.3 is 5.97 Å². The molecule has 21 heavy (non-hydrogen) atoms. The zero-order chi connectivity index (χ0) is 15.0. The van der Waals surface area contributed by atoms with Crippen molar-refractivity contribution in [3.05, 3.63) is 53.7 Å². The van der Waals surface area contributed by atoms with E-state index in [2.05, 4.69) is 4.98 Å². The van der Waals surface area contributed by atoms with Crippen molar-refractivity contribution in [3.8, 4) is 11.5 Å². The van der Waals surface area contributed by atoms with E-state index in [0.29, 0.717) is 28.5 Å². The number of rotatable bonds is 3. The van der Waals surface area contributed by atoms with E-state index in [1.165, 1.54) is 6.07 Å². The Bertz CT molecular complexity index is 839. The van der Waals surface area contributed by atoms with E-state index >= 15 is 0 Å². The number of halogens is 1. The number of aromatic carboxylic acids is 1. The first-order valence-electron chi connectivity index (χ1n) is 6.52. The molecule has 0 atom stereocenters. The molecule has 0 aliphatic rings. The first-order chi connectivity index (χ1) is 10.1. The number of aromatic nitrogens is 1. The Labute approximate surface area is 119 Å². The maximum atomic E-state index is 13.8. The lowest BCUT2D eigenvalue weighted by atomic mass is 10.0. The molecule has 0 saturated carbocycles. The van der Waals surface area contributed by atoms with Gasteiger partial charge in [0.05, 0.1) is 5.69 Å². The zero-order valence-electron chi connectivity index (χ0n) is 11.3. The van der Waals surface area contributed by atoms with Crippen LogP contribution in [0.2, 0.25) is 0 Å². The molecule has 1 heterocycles. The molecule has 3 rings (SSSR count). The van der Waals surface area contributed by atoms with Crippen molar-refractivity contribution in [3.63, 3.8) is 0 Å². The van der Waals surface area contributed by atoms with Gasteiger partial charge in [-0.3, -0.25) is 0 Å². The van der Waals surface area contributed by atoms with E-state index in [9.17, 15) is 9.18 Å². The highest BCUT2D eigenvalue weighted by atomic mass is 19.1. The quantitative estimate of drug-likeness (QED) is 0.792. The largest absolute Gasteiger partial charge is 0.475 e. The van der Waals surface area contributed by atoms with E-state index in [1.54, 1.807) is 37.3 Å². The van der Waals surface area contributed by atoms with Gasteiger partial charge in [0, 0.05) is 10.9 Å². The number of hydrogen-bond acceptors (Lipinski definition) is 3. The van der Waals surface area contributed by atoms with Crippen LogP contribution in [-0.2, 0) is 6.42 Å². The number of benzene rings is 2. The summed E-state index contributed by atoms with van der Waals surface area (Å²) < 4.78 is 19.2. The van der Waals surface area contributed by atoms with Crippen LogP contribution < -0.4 is 0 Å². The van der Waals surface area contributed by atoms with Gasteiger partial charge in [0.25, 0.3) is 0 Å². The number of carboxylic acids is 1. The van der Waals surface area contributed by atoms with E-state index in [1.807, 2.05) is 0 Å². The average Bonchev–Trinajstić information content (AvgIpc) is 2.92. The molecule has 0 aliphatic carbocycles. The highest BCUT2D eigenvalue weighted by Crippen LogP contribution is 2.31. The van der Waals surface area contributed by atoms with Crippen LogP contribution in [0, 0.1) is 5.82 Å². The lowest BCUT2D eigenvalue weighted by Crippen LogP contribution is -1.98. The van der Waals surface area contributed by atoms with E-state index in [0.717, 1.165) is 0 Å². The fourth-order valence-corrected chi connectivity index (χ4v) is 2.32. The summed E-state index contributed by atoms with van der Waals surface area (Å²) in [6, 6.07) is 9.82. The summed E-state index contributed by atoms with van der Waals surface area (Å²) in [6.45, 7) is 1.80. The van der Waals surface area contributed by atoms with Gasteiger partial charge in [0.1, 0.15) is 5.82 Å². The molecule has 1 aromatic heterocycles. The molecule has 3 aromatic rings. The Morgan fingerprint density at radius 3 is 2.57 bits per heavy atom. The average molecular weight is 285 g/mol. The van der Waals surface area contributed by atoms with Gasteiger partial charge in [-0.1, -0.05) is 31.2 Å². The molecular formula is C16H12FNO3. The Hall–Kier alpha value is -2.69. The van der Waals surface area contributed by atoms with Gasteiger partial charge in [-0.05, 0) is 23.9 Å². The van der Waals surface area contributed by atoms with Crippen molar-refractivity contribution in [2.24, 2.45) is 0 Å². The lowest BCUT2D eigenvalue weighted by Gasteiger charge is -2.03. The molecular weight excluding hydrogens is 273 g/mol. The maximum Gasteiger partial charge on any atom is 0.373 e. The molecule has 0 radical (unpaired) electrons. The molecule has 0 fully saturated rings. The fourth-order valence-electron chi connectivity index (χ4n) is 2.32. The number of hydrogen-bond donors (Lipinski definition) is 1. The second-order valence-corrected chi connectivity index (χ2v) is 4.59. The summed E-state index contributed by atoms with van der Waals surface area (Å²) in [4.78, 5) is 15.4. The first kappa shape index (κ1) is 13.3. The van der Waals surface area contributed by atoms with Crippen LogP contribution in [0.4, 0.5) is 4.39 Å². The Balaban J connectivity index is 2.26. The predicted octanol–water partition coefficient (Wildman–Crippen LogP) is 3.89. The minimum Gasteiger partial charge on any atom is -0.475 e. The van der Waals surface area contributed by atoms with Crippen molar-refractivity contribution in [2.45, 2.75) is 13.3 Å². The van der Waals surface area contributed by atoms with Crippen LogP contribution >= 0.6 is 0 Å². The van der Waals surface area contributed by atoms with Crippen molar-refractivity contribution in [1.29, 1.82) is 0 Å². The minimum atomic E-state index is -1.16. The van der Waals surface area contributed by atoms with Crippen LogP contribution in [0.15, 0.2) is 40.8 Å². The number of oxazole rings is 1. The fraction of sp³-hybridized carbons (Fsp3) is 0.125. The number of fused-ring (bicyclic) bond motifs is 1. The zero-order valence-corrected chi connectivity index (χ0v) is 11.3. The standard InChI is InChI=1S/C16H12FNO3/c1-2-13-14(16(19)20)21-15(18-13)11-7-8-12(17)10-6-4-3-5-9(10)11/h3-8H,2H2,1H3,(H,19,20). The molecule has 2 aromatic carbocycles. The molecule has 0 unspecified atom stereocenters. The van der Waals surface area contributed by atoms with Gasteiger partial charge in [0.15, 0.2) is 0 Å². The number of carboxylic acid groups (broad SMARTS) is 1. The summed E-state index contributed by atoms with van der Waals surface area (Å²) in [5.74, 6) is -1.46. The van der Waals surface area contributed by atoms with E-state index < -0.39 is 5.97 Å². The highest BCUT2D eigenvalue weighted by molar-refractivity contribution is 5.95. The Morgan fingerprint density at radius 2 is 1.95 bits per heavy atom. The van der Waals surface area contributed by atoms with Gasteiger partial charge in [0.2, 0.25) is 11.7 Å². The topological polar surface area (TPSA) is 63.3 Å². The smallest absolute Gasteiger partial charge is 0.373 e. The van der Waals surface area contributed by atoms with Crippen molar-refractivity contribution < 1.29 is 18.7 Å². The highest BCUT2D eigenvalue weighted by Gasteiger charge is 2.20. The third-order valence-corrected chi connectivity index (χ3v) is 3.33. The van der Waals surface area contributed by atoms with Crippen molar-refractivity contribution in [2.75, 3.05) is 0 Å². The molecule has 0 saturated heterocycles. The molecule has 0 aliphatic heterocycles. The normalized spacial score (nSPS) is 11.0. The molecule has 0 bridgehead atoms. The third-order valence-electron chi connectivity index (χ3n) is 3.33. The molecule has 5 heteroatoms. The molecule has 1 N–H and O–H groups in total. The molecule has 4 nitrogen and oxygen atoms in total. The van der Waals surface area contributed by atoms with Gasteiger partial charge in [-0.2, -0.15) is 0 Å². The summed E-state index contributed by atoms with van der Waals surface area (Å²) in [5.41, 5.74) is 0.958. The Morgan fingerprint density at radius 1 is 1.24 bits per heavy atom. The van der Waals surface area contributed by atoms with Crippen molar-refractivity contribution in [1.82, 2.24) is 4.98 Å². The number of carbonyl (C=O) groups is 1. The van der Waals surface area contributed by atoms with Gasteiger partial charge in [-0.25, -0.2) is 14.2 Å². The van der Waals surface area contributed by atoms with Crippen LogP contribution in [0.5, 0.6) is 0 Å². The third kappa shape index (κ3) is 2.16. The van der Waals surface area contributed by atoms with Crippen LogP contribution in [0.1, 0.15) is 23.2 Å².